The topological polar surface area (TPSA) is 125 Å². The van der Waals surface area contributed by atoms with E-state index in [-0.39, 0.29) is 28.3 Å². The molecule has 130 valence electrons. The lowest BCUT2D eigenvalue weighted by molar-refractivity contribution is -0.385. The van der Waals surface area contributed by atoms with Crippen molar-refractivity contribution >= 4 is 29.0 Å². The minimum absolute atomic E-state index is 0.0170. The first-order valence-electron chi connectivity index (χ1n) is 7.08. The number of nitrogens with zero attached hydrogens (tertiary/aromatic N) is 1. The van der Waals surface area contributed by atoms with Crippen LogP contribution in [0.4, 0.5) is 11.4 Å². The number of anilines is 1. The first-order valence-corrected chi connectivity index (χ1v) is 7.08. The maximum Gasteiger partial charge on any atom is 0.336 e. The van der Waals surface area contributed by atoms with Gasteiger partial charge in [0.15, 0.2) is 0 Å². The number of hydrogen-bond acceptors (Lipinski definition) is 6. The van der Waals surface area contributed by atoms with Gasteiger partial charge in [-0.3, -0.25) is 10.1 Å². The van der Waals surface area contributed by atoms with Gasteiger partial charge in [0.2, 0.25) is 5.75 Å². The molecule has 0 bridgehead atoms. The molecular formula is C17H16N2O6. The van der Waals surface area contributed by atoms with Gasteiger partial charge in [-0.05, 0) is 23.8 Å². The SMILES string of the molecule is COc1cc(OC)c([N+](=O)[O-])cc1/C=C(\C(=O)O)c1ccc(N)cc1. The maximum absolute atomic E-state index is 11.6. The third kappa shape index (κ3) is 3.86. The summed E-state index contributed by atoms with van der Waals surface area (Å²) in [7, 11) is 2.68. The van der Waals surface area contributed by atoms with Crippen LogP contribution >= 0.6 is 0 Å². The largest absolute Gasteiger partial charge is 0.496 e. The Morgan fingerprint density at radius 1 is 1.16 bits per heavy atom. The number of carboxylic acid groups (broad SMARTS) is 1. The van der Waals surface area contributed by atoms with E-state index >= 15 is 0 Å². The third-order valence-corrected chi connectivity index (χ3v) is 3.48. The summed E-state index contributed by atoms with van der Waals surface area (Å²) in [5, 5.41) is 20.7. The van der Waals surface area contributed by atoms with Gasteiger partial charge in [0.1, 0.15) is 5.75 Å². The molecule has 0 aromatic heterocycles. The van der Waals surface area contributed by atoms with Gasteiger partial charge >= 0.3 is 11.7 Å². The standard InChI is InChI=1S/C17H16N2O6/c1-24-15-9-16(25-2)14(19(22)23)8-11(15)7-13(17(20)21)10-3-5-12(18)6-4-10/h3-9H,18H2,1-2H3,(H,20,21)/b13-7-. The van der Waals surface area contributed by atoms with Crippen LogP contribution in [0.2, 0.25) is 0 Å². The van der Waals surface area contributed by atoms with Crippen LogP contribution in [0.5, 0.6) is 11.5 Å². The predicted octanol–water partition coefficient (Wildman–Crippen LogP) is 2.82. The highest BCUT2D eigenvalue weighted by Gasteiger charge is 2.20. The van der Waals surface area contributed by atoms with Crippen molar-refractivity contribution in [3.63, 3.8) is 0 Å². The summed E-state index contributed by atoms with van der Waals surface area (Å²) < 4.78 is 10.2. The zero-order chi connectivity index (χ0) is 18.6. The van der Waals surface area contributed by atoms with Gasteiger partial charge < -0.3 is 20.3 Å². The molecule has 8 heteroatoms. The highest BCUT2D eigenvalue weighted by atomic mass is 16.6. The van der Waals surface area contributed by atoms with Crippen molar-refractivity contribution in [1.29, 1.82) is 0 Å². The van der Waals surface area contributed by atoms with Gasteiger partial charge in [-0.15, -0.1) is 0 Å². The Morgan fingerprint density at radius 2 is 1.76 bits per heavy atom. The van der Waals surface area contributed by atoms with Gasteiger partial charge in [0.25, 0.3) is 0 Å². The first-order chi connectivity index (χ1) is 11.9. The minimum atomic E-state index is -1.19. The molecule has 0 saturated heterocycles. The molecule has 0 aliphatic carbocycles. The fourth-order valence-corrected chi connectivity index (χ4v) is 2.25. The monoisotopic (exact) mass is 344 g/mol. The van der Waals surface area contributed by atoms with Gasteiger partial charge in [0, 0.05) is 23.4 Å². The Morgan fingerprint density at radius 3 is 2.24 bits per heavy atom. The summed E-state index contributed by atoms with van der Waals surface area (Å²) in [6.07, 6.45) is 1.30. The maximum atomic E-state index is 11.6. The van der Waals surface area contributed by atoms with E-state index in [9.17, 15) is 20.0 Å². The number of nitro benzene ring substituents is 1. The van der Waals surface area contributed by atoms with Crippen LogP contribution in [-0.4, -0.2) is 30.2 Å². The summed E-state index contributed by atoms with van der Waals surface area (Å²) in [6, 6.07) is 8.79. The average Bonchev–Trinajstić information content (AvgIpc) is 2.59. The number of carboxylic acids is 1. The number of nitrogen functional groups attached to an aromatic ring is 1. The van der Waals surface area contributed by atoms with Crippen molar-refractivity contribution < 1.29 is 24.3 Å². The Kier molecular flexibility index (Phi) is 5.23. The Hall–Kier alpha value is -3.55. The molecule has 0 amide bonds. The quantitative estimate of drug-likeness (QED) is 0.271. The summed E-state index contributed by atoms with van der Waals surface area (Å²) >= 11 is 0. The number of hydrogen-bond donors (Lipinski definition) is 2. The summed E-state index contributed by atoms with van der Waals surface area (Å²) in [5.74, 6) is -0.926. The smallest absolute Gasteiger partial charge is 0.336 e. The molecule has 8 nitrogen and oxygen atoms in total. The van der Waals surface area contributed by atoms with E-state index in [4.69, 9.17) is 15.2 Å². The first kappa shape index (κ1) is 17.8. The molecule has 2 aromatic rings. The number of nitrogens with two attached hydrogens (primary N) is 1. The summed E-state index contributed by atoms with van der Waals surface area (Å²) in [5.41, 5.74) is 6.39. The van der Waals surface area contributed by atoms with E-state index in [1.807, 2.05) is 0 Å². The number of benzene rings is 2. The van der Waals surface area contributed by atoms with E-state index in [1.165, 1.54) is 32.4 Å². The Labute approximate surface area is 143 Å². The lowest BCUT2D eigenvalue weighted by Gasteiger charge is -2.10. The molecule has 0 spiro atoms. The van der Waals surface area contributed by atoms with Crippen molar-refractivity contribution in [2.75, 3.05) is 20.0 Å². The van der Waals surface area contributed by atoms with E-state index in [1.54, 1.807) is 24.3 Å². The van der Waals surface area contributed by atoms with Crippen molar-refractivity contribution in [2.24, 2.45) is 0 Å². The molecule has 0 saturated carbocycles. The molecule has 0 unspecified atom stereocenters. The predicted molar refractivity (Wildman–Crippen MR) is 92.6 cm³/mol. The van der Waals surface area contributed by atoms with Crippen LogP contribution in [0.3, 0.4) is 0 Å². The van der Waals surface area contributed by atoms with Crippen LogP contribution in [0.1, 0.15) is 11.1 Å². The van der Waals surface area contributed by atoms with Crippen molar-refractivity contribution in [1.82, 2.24) is 0 Å². The highest BCUT2D eigenvalue weighted by Crippen LogP contribution is 2.36. The van der Waals surface area contributed by atoms with Crippen LogP contribution in [0.15, 0.2) is 36.4 Å². The van der Waals surface area contributed by atoms with Crippen LogP contribution in [0, 0.1) is 10.1 Å². The number of carbonyl (C=O) groups is 1. The molecule has 0 aliphatic rings. The number of methoxy groups -OCH3 is 2. The normalized spacial score (nSPS) is 11.0. The van der Waals surface area contributed by atoms with E-state index in [2.05, 4.69) is 0 Å². The second-order valence-corrected chi connectivity index (χ2v) is 5.01. The van der Waals surface area contributed by atoms with Crippen molar-refractivity contribution in [2.45, 2.75) is 0 Å². The van der Waals surface area contributed by atoms with Gasteiger partial charge in [-0.25, -0.2) is 4.79 Å². The number of ether oxygens (including phenoxy) is 2. The van der Waals surface area contributed by atoms with Crippen LogP contribution in [0.25, 0.3) is 11.6 Å². The lowest BCUT2D eigenvalue weighted by atomic mass is 10.0. The fourth-order valence-electron chi connectivity index (χ4n) is 2.25. The number of rotatable bonds is 6. The molecule has 3 N–H and O–H groups in total. The minimum Gasteiger partial charge on any atom is -0.496 e. The molecule has 0 aliphatic heterocycles. The molecule has 2 rings (SSSR count). The zero-order valence-corrected chi connectivity index (χ0v) is 13.6. The fraction of sp³-hybridized carbons (Fsp3) is 0.118. The van der Waals surface area contributed by atoms with Gasteiger partial charge in [0.05, 0.1) is 24.7 Å². The summed E-state index contributed by atoms with van der Waals surface area (Å²) in [6.45, 7) is 0. The molecular weight excluding hydrogens is 328 g/mol. The molecule has 2 aromatic carbocycles. The molecule has 25 heavy (non-hydrogen) atoms. The second-order valence-electron chi connectivity index (χ2n) is 5.01. The van der Waals surface area contributed by atoms with Gasteiger partial charge in [-0.1, -0.05) is 12.1 Å². The van der Waals surface area contributed by atoms with Crippen LogP contribution in [-0.2, 0) is 4.79 Å². The van der Waals surface area contributed by atoms with E-state index in [0.717, 1.165) is 0 Å². The highest BCUT2D eigenvalue weighted by molar-refractivity contribution is 6.20. The van der Waals surface area contributed by atoms with Crippen molar-refractivity contribution in [3.05, 3.63) is 57.6 Å². The van der Waals surface area contributed by atoms with Crippen LogP contribution < -0.4 is 15.2 Å². The third-order valence-electron chi connectivity index (χ3n) is 3.48. The van der Waals surface area contributed by atoms with Crippen molar-refractivity contribution in [3.8, 4) is 11.5 Å². The zero-order valence-electron chi connectivity index (χ0n) is 13.6. The number of aliphatic carboxylic acids is 1. The molecule has 0 fully saturated rings. The van der Waals surface area contributed by atoms with E-state index < -0.39 is 10.9 Å². The Balaban J connectivity index is 2.66. The molecule has 0 heterocycles. The average molecular weight is 344 g/mol. The molecule has 0 atom stereocenters. The lowest BCUT2D eigenvalue weighted by Crippen LogP contribution is -2.01. The Bertz CT molecular complexity index is 843. The van der Waals surface area contributed by atoms with E-state index in [0.29, 0.717) is 11.3 Å². The molecule has 0 radical (unpaired) electrons. The summed E-state index contributed by atoms with van der Waals surface area (Å²) in [4.78, 5) is 22.2. The number of nitro groups is 1. The second kappa shape index (κ2) is 7.35. The van der Waals surface area contributed by atoms with Gasteiger partial charge in [-0.2, -0.15) is 0 Å².